The van der Waals surface area contributed by atoms with Crippen LogP contribution in [0.1, 0.15) is 29.6 Å². The Bertz CT molecular complexity index is 1040. The predicted octanol–water partition coefficient (Wildman–Crippen LogP) is 5.16. The highest BCUT2D eigenvalue weighted by Crippen LogP contribution is 2.28. The van der Waals surface area contributed by atoms with E-state index in [-0.39, 0.29) is 17.8 Å². The van der Waals surface area contributed by atoms with Gasteiger partial charge in [0.1, 0.15) is 11.6 Å². The number of amides is 1. The molecule has 0 N–H and O–H groups in total. The van der Waals surface area contributed by atoms with Crippen LogP contribution in [0.5, 0.6) is 5.75 Å². The van der Waals surface area contributed by atoms with E-state index in [0.29, 0.717) is 24.4 Å². The smallest absolute Gasteiger partial charge is 0.257 e. The summed E-state index contributed by atoms with van der Waals surface area (Å²) in [7, 11) is 1.58. The molecule has 1 aliphatic heterocycles. The maximum atomic E-state index is 13.4. The number of carbonyl (C=O) groups excluding carboxylic acids is 1. The third kappa shape index (κ3) is 4.41. The minimum Gasteiger partial charge on any atom is -0.496 e. The Labute approximate surface area is 183 Å². The molecule has 0 spiro atoms. The van der Waals surface area contributed by atoms with Gasteiger partial charge in [-0.2, -0.15) is 5.10 Å². The largest absolute Gasteiger partial charge is 0.496 e. The first kappa shape index (κ1) is 20.6. The number of hydrogen-bond acceptors (Lipinski definition) is 3. The van der Waals surface area contributed by atoms with Crippen LogP contribution in [0.4, 0.5) is 4.39 Å². The fraction of sp³-hybridized carbons (Fsp3) is 0.304. The van der Waals surface area contributed by atoms with Gasteiger partial charge in [0.15, 0.2) is 0 Å². The molecule has 0 saturated carbocycles. The number of carbonyl (C=O) groups is 1. The number of rotatable bonds is 5. The van der Waals surface area contributed by atoms with E-state index in [1.165, 1.54) is 12.1 Å². The van der Waals surface area contributed by atoms with Crippen molar-refractivity contribution >= 4 is 21.8 Å². The summed E-state index contributed by atoms with van der Waals surface area (Å²) in [5.74, 6) is 0.284. The van der Waals surface area contributed by atoms with Crippen LogP contribution in [0.3, 0.4) is 0 Å². The van der Waals surface area contributed by atoms with Gasteiger partial charge in [-0.05, 0) is 67.8 Å². The Balaban J connectivity index is 1.54. The van der Waals surface area contributed by atoms with Gasteiger partial charge in [0.25, 0.3) is 5.91 Å². The Kier molecular flexibility index (Phi) is 6.18. The van der Waals surface area contributed by atoms with Gasteiger partial charge in [-0.25, -0.2) is 4.39 Å². The monoisotopic (exact) mass is 471 g/mol. The zero-order valence-corrected chi connectivity index (χ0v) is 18.3. The molecule has 1 fully saturated rings. The number of methoxy groups -OCH3 is 1. The van der Waals surface area contributed by atoms with Gasteiger partial charge in [-0.3, -0.25) is 9.48 Å². The van der Waals surface area contributed by atoms with Crippen LogP contribution >= 0.6 is 15.9 Å². The van der Waals surface area contributed by atoms with E-state index in [1.807, 2.05) is 34.0 Å². The van der Waals surface area contributed by atoms with Crippen molar-refractivity contribution in [3.05, 3.63) is 70.6 Å². The lowest BCUT2D eigenvalue weighted by molar-refractivity contribution is 0.0580. The van der Waals surface area contributed by atoms with E-state index in [9.17, 15) is 9.18 Å². The molecular formula is C23H23BrFN3O2. The Morgan fingerprint density at radius 2 is 2.00 bits per heavy atom. The number of ether oxygens (including phenoxy) is 1. The van der Waals surface area contributed by atoms with Gasteiger partial charge < -0.3 is 9.64 Å². The quantitative estimate of drug-likeness (QED) is 0.516. The highest BCUT2D eigenvalue weighted by atomic mass is 79.9. The second-order valence-electron chi connectivity index (χ2n) is 7.42. The van der Waals surface area contributed by atoms with Crippen LogP contribution in [0.2, 0.25) is 0 Å². The summed E-state index contributed by atoms with van der Waals surface area (Å²) in [5, 5.41) is 4.64. The van der Waals surface area contributed by atoms with E-state index in [2.05, 4.69) is 21.0 Å². The van der Waals surface area contributed by atoms with E-state index < -0.39 is 0 Å². The van der Waals surface area contributed by atoms with E-state index in [1.54, 1.807) is 25.3 Å². The van der Waals surface area contributed by atoms with Crippen molar-refractivity contribution in [2.24, 2.45) is 0 Å². The van der Waals surface area contributed by atoms with Crippen molar-refractivity contribution in [1.82, 2.24) is 14.7 Å². The molecule has 1 aromatic heterocycles. The topological polar surface area (TPSA) is 47.4 Å². The molecule has 30 heavy (non-hydrogen) atoms. The van der Waals surface area contributed by atoms with Gasteiger partial charge in [0, 0.05) is 22.8 Å². The Morgan fingerprint density at radius 1 is 1.20 bits per heavy atom. The predicted molar refractivity (Wildman–Crippen MR) is 117 cm³/mol. The fourth-order valence-corrected chi connectivity index (χ4v) is 4.27. The molecule has 2 heterocycles. The van der Waals surface area contributed by atoms with Crippen molar-refractivity contribution in [2.45, 2.75) is 31.8 Å². The Hall–Kier alpha value is -2.67. The van der Waals surface area contributed by atoms with Crippen LogP contribution in [0.25, 0.3) is 11.3 Å². The van der Waals surface area contributed by atoms with Crippen LogP contribution < -0.4 is 4.74 Å². The number of likely N-dealkylation sites (tertiary alicyclic amines) is 1. The van der Waals surface area contributed by atoms with Crippen molar-refractivity contribution < 1.29 is 13.9 Å². The molecule has 5 nitrogen and oxygen atoms in total. The highest BCUT2D eigenvalue weighted by Gasteiger charge is 2.29. The first-order chi connectivity index (χ1) is 14.5. The maximum absolute atomic E-state index is 13.4. The molecule has 1 unspecified atom stereocenters. The lowest BCUT2D eigenvalue weighted by Gasteiger charge is -2.36. The van der Waals surface area contributed by atoms with Crippen LogP contribution in [0.15, 0.2) is 59.2 Å². The molecule has 2 aromatic carbocycles. The average molecular weight is 472 g/mol. The normalized spacial score (nSPS) is 16.5. The molecule has 0 bridgehead atoms. The number of hydrogen-bond donors (Lipinski definition) is 0. The third-order valence-corrected chi connectivity index (χ3v) is 5.95. The molecule has 1 atom stereocenters. The third-order valence-electron chi connectivity index (χ3n) is 5.46. The summed E-state index contributed by atoms with van der Waals surface area (Å²) in [6, 6.07) is 13.8. The number of nitrogens with zero attached hydrogens (tertiary/aromatic N) is 3. The van der Waals surface area contributed by atoms with Crippen LogP contribution in [-0.4, -0.2) is 40.3 Å². The van der Waals surface area contributed by atoms with Crippen LogP contribution in [-0.2, 0) is 6.54 Å². The minimum absolute atomic E-state index is 0.0243. The SMILES string of the molecule is COc1ccc(Br)cc1C(=O)N1CCCCC1Cn1ccc(-c2ccc(F)cc2)n1. The number of benzene rings is 2. The zero-order chi connectivity index (χ0) is 21.1. The summed E-state index contributed by atoms with van der Waals surface area (Å²) >= 11 is 3.45. The van der Waals surface area contributed by atoms with Gasteiger partial charge in [-0.1, -0.05) is 15.9 Å². The van der Waals surface area contributed by atoms with Gasteiger partial charge >= 0.3 is 0 Å². The number of piperidine rings is 1. The zero-order valence-electron chi connectivity index (χ0n) is 16.7. The second kappa shape index (κ2) is 9.00. The Morgan fingerprint density at radius 3 is 2.77 bits per heavy atom. The first-order valence-electron chi connectivity index (χ1n) is 9.99. The summed E-state index contributed by atoms with van der Waals surface area (Å²) < 4.78 is 21.3. The summed E-state index contributed by atoms with van der Waals surface area (Å²) in [5.41, 5.74) is 2.22. The fourth-order valence-electron chi connectivity index (χ4n) is 3.91. The lowest BCUT2D eigenvalue weighted by Crippen LogP contribution is -2.46. The first-order valence-corrected chi connectivity index (χ1v) is 10.8. The molecule has 156 valence electrons. The molecule has 1 amide bonds. The van der Waals surface area contributed by atoms with Gasteiger partial charge in [-0.15, -0.1) is 0 Å². The minimum atomic E-state index is -0.266. The van der Waals surface area contributed by atoms with Crippen molar-refractivity contribution in [3.63, 3.8) is 0 Å². The summed E-state index contributed by atoms with van der Waals surface area (Å²) in [6.07, 6.45) is 4.90. The van der Waals surface area contributed by atoms with E-state index in [4.69, 9.17) is 4.74 Å². The van der Waals surface area contributed by atoms with Crippen molar-refractivity contribution in [1.29, 1.82) is 0 Å². The molecule has 0 radical (unpaired) electrons. The molecule has 3 aromatic rings. The average Bonchev–Trinajstić information content (AvgIpc) is 3.22. The second-order valence-corrected chi connectivity index (χ2v) is 8.34. The molecule has 1 saturated heterocycles. The van der Waals surface area contributed by atoms with Gasteiger partial charge in [0.05, 0.1) is 31.0 Å². The summed E-state index contributed by atoms with van der Waals surface area (Å²) in [6.45, 7) is 1.33. The number of aromatic nitrogens is 2. The summed E-state index contributed by atoms with van der Waals surface area (Å²) in [4.78, 5) is 15.3. The molecule has 0 aliphatic carbocycles. The van der Waals surface area contributed by atoms with Gasteiger partial charge in [0.2, 0.25) is 0 Å². The van der Waals surface area contributed by atoms with Crippen LogP contribution in [0, 0.1) is 5.82 Å². The highest BCUT2D eigenvalue weighted by molar-refractivity contribution is 9.10. The molecule has 7 heteroatoms. The molecule has 4 rings (SSSR count). The van der Waals surface area contributed by atoms with E-state index >= 15 is 0 Å². The standard InChI is InChI=1S/C23H23BrFN3O2/c1-30-22-10-7-17(24)14-20(22)23(29)28-12-3-2-4-19(28)15-27-13-11-21(26-27)16-5-8-18(25)9-6-16/h5-11,13-14,19H,2-4,12,15H2,1H3. The molecule has 1 aliphatic rings. The number of halogens is 2. The van der Waals surface area contributed by atoms with Crippen molar-refractivity contribution in [2.75, 3.05) is 13.7 Å². The maximum Gasteiger partial charge on any atom is 0.257 e. The van der Waals surface area contributed by atoms with Crippen molar-refractivity contribution in [3.8, 4) is 17.0 Å². The molecular weight excluding hydrogens is 449 g/mol. The lowest BCUT2D eigenvalue weighted by atomic mass is 10.0. The van der Waals surface area contributed by atoms with E-state index in [0.717, 1.165) is 35.0 Å².